The summed E-state index contributed by atoms with van der Waals surface area (Å²) in [6, 6.07) is 11.1. The summed E-state index contributed by atoms with van der Waals surface area (Å²) in [4.78, 5) is 15.8. The summed E-state index contributed by atoms with van der Waals surface area (Å²) in [5.41, 5.74) is 8.88. The van der Waals surface area contributed by atoms with Gasteiger partial charge >= 0.3 is 5.97 Å². The van der Waals surface area contributed by atoms with Crippen molar-refractivity contribution in [2.75, 3.05) is 12.3 Å². The minimum absolute atomic E-state index is 0.340. The number of rotatable bonds is 4. The Kier molecular flexibility index (Phi) is 4.50. The molecule has 0 aliphatic heterocycles. The molecular weight excluding hydrogens is 252 g/mol. The number of ether oxygens (including phenoxy) is 1. The Bertz CT molecular complexity index is 621. The minimum Gasteiger partial charge on any atom is -0.463 e. The number of esters is 1. The molecule has 0 fully saturated rings. The van der Waals surface area contributed by atoms with Crippen molar-refractivity contribution in [3.05, 3.63) is 66.0 Å². The number of benzene rings is 1. The van der Waals surface area contributed by atoms with Gasteiger partial charge in [-0.2, -0.15) is 0 Å². The van der Waals surface area contributed by atoms with Crippen LogP contribution >= 0.6 is 0 Å². The van der Waals surface area contributed by atoms with Crippen LogP contribution in [-0.2, 0) is 9.53 Å². The van der Waals surface area contributed by atoms with Crippen LogP contribution in [0.3, 0.4) is 0 Å². The van der Waals surface area contributed by atoms with Crippen molar-refractivity contribution in [2.45, 2.75) is 6.92 Å². The second-order valence-electron chi connectivity index (χ2n) is 4.18. The Labute approximate surface area is 117 Å². The highest BCUT2D eigenvalue weighted by Gasteiger charge is 2.09. The van der Waals surface area contributed by atoms with Crippen molar-refractivity contribution in [1.29, 1.82) is 0 Å². The largest absolute Gasteiger partial charge is 0.463 e. The average molecular weight is 268 g/mol. The first-order chi connectivity index (χ1) is 9.70. The maximum atomic E-state index is 11.7. The first-order valence-corrected chi connectivity index (χ1v) is 6.35. The van der Waals surface area contributed by atoms with Crippen molar-refractivity contribution in [2.24, 2.45) is 0 Å². The third-order valence-corrected chi connectivity index (χ3v) is 2.72. The fraction of sp³-hybridized carbons (Fsp3) is 0.125. The zero-order valence-electron chi connectivity index (χ0n) is 11.2. The highest BCUT2D eigenvalue weighted by atomic mass is 16.5. The summed E-state index contributed by atoms with van der Waals surface area (Å²) in [5, 5.41) is 0. The number of nitrogens with two attached hydrogens (primary N) is 1. The van der Waals surface area contributed by atoms with Crippen LogP contribution in [0.1, 0.15) is 18.1 Å². The molecule has 0 aliphatic rings. The summed E-state index contributed by atoms with van der Waals surface area (Å²) >= 11 is 0. The molecule has 0 spiro atoms. The molecule has 2 aromatic rings. The van der Waals surface area contributed by atoms with E-state index < -0.39 is 0 Å². The zero-order valence-corrected chi connectivity index (χ0v) is 11.2. The van der Waals surface area contributed by atoms with Gasteiger partial charge in [-0.05, 0) is 36.3 Å². The normalized spacial score (nSPS) is 11.2. The summed E-state index contributed by atoms with van der Waals surface area (Å²) in [6.45, 7) is 2.11. The van der Waals surface area contributed by atoms with E-state index in [2.05, 4.69) is 4.98 Å². The van der Waals surface area contributed by atoms with Gasteiger partial charge in [0.15, 0.2) is 0 Å². The van der Waals surface area contributed by atoms with E-state index in [0.717, 1.165) is 16.7 Å². The van der Waals surface area contributed by atoms with E-state index in [1.54, 1.807) is 25.4 Å². The molecule has 0 saturated carbocycles. The Hall–Kier alpha value is -2.62. The predicted octanol–water partition coefficient (Wildman–Crippen LogP) is 2.66. The number of carbonyl (C=O) groups is 1. The molecule has 2 rings (SSSR count). The Morgan fingerprint density at radius 3 is 2.75 bits per heavy atom. The standard InChI is InChI=1S/C16H16N2O2/c1-2-20-16(19)10-15(13-6-4-8-18-11-13)12-5-3-7-14(17)9-12/h3-11H,2,17H2,1H3/b15-10+. The van der Waals surface area contributed by atoms with Gasteiger partial charge in [-0.3, -0.25) is 4.98 Å². The molecule has 4 nitrogen and oxygen atoms in total. The molecule has 4 heteroatoms. The van der Waals surface area contributed by atoms with E-state index in [4.69, 9.17) is 10.5 Å². The number of anilines is 1. The Balaban J connectivity index is 2.47. The fourth-order valence-electron chi connectivity index (χ4n) is 1.86. The van der Waals surface area contributed by atoms with Crippen LogP contribution in [0.25, 0.3) is 5.57 Å². The number of hydrogen-bond acceptors (Lipinski definition) is 4. The number of nitrogens with zero attached hydrogens (tertiary/aromatic N) is 1. The summed E-state index contributed by atoms with van der Waals surface area (Å²) < 4.78 is 4.98. The number of hydrogen-bond donors (Lipinski definition) is 1. The molecule has 1 aromatic heterocycles. The fourth-order valence-corrected chi connectivity index (χ4v) is 1.86. The lowest BCUT2D eigenvalue weighted by Crippen LogP contribution is -2.02. The summed E-state index contributed by atoms with van der Waals surface area (Å²) in [7, 11) is 0. The first kappa shape index (κ1) is 13.8. The molecule has 2 N–H and O–H groups in total. The van der Waals surface area contributed by atoms with E-state index in [9.17, 15) is 4.79 Å². The highest BCUT2D eigenvalue weighted by Crippen LogP contribution is 2.24. The van der Waals surface area contributed by atoms with Crippen LogP contribution < -0.4 is 5.73 Å². The zero-order chi connectivity index (χ0) is 14.4. The summed E-state index contributed by atoms with van der Waals surface area (Å²) in [5.74, 6) is -0.381. The van der Waals surface area contributed by atoms with Crippen LogP contribution in [0, 0.1) is 0 Å². The number of aromatic nitrogens is 1. The van der Waals surface area contributed by atoms with E-state index in [1.165, 1.54) is 6.08 Å². The van der Waals surface area contributed by atoms with Crippen LogP contribution in [0.15, 0.2) is 54.9 Å². The van der Waals surface area contributed by atoms with E-state index in [1.807, 2.05) is 30.3 Å². The van der Waals surface area contributed by atoms with Gasteiger partial charge in [0.05, 0.1) is 6.61 Å². The molecule has 0 radical (unpaired) electrons. The smallest absolute Gasteiger partial charge is 0.331 e. The van der Waals surface area contributed by atoms with Crippen LogP contribution in [0.5, 0.6) is 0 Å². The topological polar surface area (TPSA) is 65.2 Å². The lowest BCUT2D eigenvalue weighted by atomic mass is 9.98. The van der Waals surface area contributed by atoms with Crippen molar-refractivity contribution in [1.82, 2.24) is 4.98 Å². The number of carbonyl (C=O) groups excluding carboxylic acids is 1. The van der Waals surface area contributed by atoms with Crippen LogP contribution in [0.2, 0.25) is 0 Å². The highest BCUT2D eigenvalue weighted by molar-refractivity contribution is 5.96. The lowest BCUT2D eigenvalue weighted by Gasteiger charge is -2.08. The first-order valence-electron chi connectivity index (χ1n) is 6.35. The van der Waals surface area contributed by atoms with Crippen molar-refractivity contribution < 1.29 is 9.53 Å². The molecule has 1 heterocycles. The minimum atomic E-state index is -0.381. The summed E-state index contributed by atoms with van der Waals surface area (Å²) in [6.07, 6.45) is 4.86. The van der Waals surface area contributed by atoms with Gasteiger partial charge in [0, 0.05) is 29.7 Å². The maximum Gasteiger partial charge on any atom is 0.331 e. The van der Waals surface area contributed by atoms with Crippen molar-refractivity contribution >= 4 is 17.2 Å². The molecular formula is C16H16N2O2. The molecule has 102 valence electrons. The van der Waals surface area contributed by atoms with Gasteiger partial charge in [-0.1, -0.05) is 18.2 Å². The number of nitrogen functional groups attached to an aromatic ring is 1. The molecule has 0 aliphatic carbocycles. The van der Waals surface area contributed by atoms with Crippen molar-refractivity contribution in [3.8, 4) is 0 Å². The maximum absolute atomic E-state index is 11.7. The third kappa shape index (κ3) is 3.45. The monoisotopic (exact) mass is 268 g/mol. The molecule has 0 bridgehead atoms. The van der Waals surface area contributed by atoms with Gasteiger partial charge in [0.1, 0.15) is 0 Å². The Morgan fingerprint density at radius 2 is 2.10 bits per heavy atom. The third-order valence-electron chi connectivity index (χ3n) is 2.72. The van der Waals surface area contributed by atoms with Crippen molar-refractivity contribution in [3.63, 3.8) is 0 Å². The molecule has 0 unspecified atom stereocenters. The van der Waals surface area contributed by atoms with Gasteiger partial charge in [-0.25, -0.2) is 4.79 Å². The van der Waals surface area contributed by atoms with E-state index in [-0.39, 0.29) is 5.97 Å². The molecule has 0 atom stereocenters. The van der Waals surface area contributed by atoms with Gasteiger partial charge < -0.3 is 10.5 Å². The molecule has 0 saturated heterocycles. The van der Waals surface area contributed by atoms with Gasteiger partial charge in [-0.15, -0.1) is 0 Å². The van der Waals surface area contributed by atoms with E-state index >= 15 is 0 Å². The predicted molar refractivity (Wildman–Crippen MR) is 78.8 cm³/mol. The second kappa shape index (κ2) is 6.52. The quantitative estimate of drug-likeness (QED) is 0.526. The molecule has 20 heavy (non-hydrogen) atoms. The van der Waals surface area contributed by atoms with E-state index in [0.29, 0.717) is 12.3 Å². The molecule has 1 aromatic carbocycles. The van der Waals surface area contributed by atoms with Gasteiger partial charge in [0.2, 0.25) is 0 Å². The Morgan fingerprint density at radius 1 is 1.30 bits per heavy atom. The van der Waals surface area contributed by atoms with Gasteiger partial charge in [0.25, 0.3) is 0 Å². The lowest BCUT2D eigenvalue weighted by molar-refractivity contribution is -0.137. The average Bonchev–Trinajstić information content (AvgIpc) is 2.46. The van der Waals surface area contributed by atoms with Crippen LogP contribution in [-0.4, -0.2) is 17.6 Å². The number of pyridine rings is 1. The SMILES string of the molecule is CCOC(=O)/C=C(/c1cccnc1)c1cccc(N)c1. The second-order valence-corrected chi connectivity index (χ2v) is 4.18. The van der Waals surface area contributed by atoms with Crippen LogP contribution in [0.4, 0.5) is 5.69 Å². The molecule has 0 amide bonds.